The van der Waals surface area contributed by atoms with Gasteiger partial charge in [-0.05, 0) is 75.7 Å². The molecule has 3 aliphatic carbocycles. The van der Waals surface area contributed by atoms with Crippen molar-refractivity contribution in [2.75, 3.05) is 19.6 Å². The molecule has 0 radical (unpaired) electrons. The number of hydrogen-bond acceptors (Lipinski definition) is 2. The number of nitrogens with one attached hydrogen (secondary N) is 1. The molecule has 0 aromatic rings. The Labute approximate surface area is 124 Å². The molecule has 2 nitrogen and oxygen atoms in total. The molecular weight excluding hydrogens is 244 g/mol. The van der Waals surface area contributed by atoms with E-state index in [0.29, 0.717) is 0 Å². The van der Waals surface area contributed by atoms with Crippen molar-refractivity contribution in [2.45, 2.75) is 76.3 Å². The molecule has 4 aliphatic rings. The molecule has 3 saturated carbocycles. The second-order valence-corrected chi connectivity index (χ2v) is 8.11. The smallest absolute Gasteiger partial charge is 0.0195 e. The van der Waals surface area contributed by atoms with Gasteiger partial charge in [0.15, 0.2) is 0 Å². The maximum atomic E-state index is 3.72. The minimum atomic E-state index is 0.801. The van der Waals surface area contributed by atoms with E-state index < -0.39 is 0 Å². The summed E-state index contributed by atoms with van der Waals surface area (Å²) in [5.41, 5.74) is 0. The summed E-state index contributed by atoms with van der Waals surface area (Å²) in [6, 6.07) is 1.73. The molecule has 1 saturated heterocycles. The van der Waals surface area contributed by atoms with Crippen LogP contribution in [0.5, 0.6) is 0 Å². The third-order valence-electron chi connectivity index (χ3n) is 6.30. The van der Waals surface area contributed by atoms with E-state index in [-0.39, 0.29) is 0 Å². The molecule has 4 rings (SSSR count). The lowest BCUT2D eigenvalue weighted by Crippen LogP contribution is -2.46. The second-order valence-electron chi connectivity index (χ2n) is 8.11. The van der Waals surface area contributed by atoms with Crippen LogP contribution in [0.25, 0.3) is 0 Å². The highest BCUT2D eigenvalue weighted by molar-refractivity contribution is 4.92. The van der Waals surface area contributed by atoms with Gasteiger partial charge in [-0.15, -0.1) is 0 Å². The van der Waals surface area contributed by atoms with Crippen molar-refractivity contribution in [3.63, 3.8) is 0 Å². The third-order valence-corrected chi connectivity index (χ3v) is 6.30. The molecule has 0 amide bonds. The van der Waals surface area contributed by atoms with Crippen LogP contribution >= 0.6 is 0 Å². The van der Waals surface area contributed by atoms with Crippen LogP contribution < -0.4 is 5.32 Å². The maximum Gasteiger partial charge on any atom is 0.0195 e. The van der Waals surface area contributed by atoms with Crippen LogP contribution in [0.15, 0.2) is 0 Å². The van der Waals surface area contributed by atoms with Gasteiger partial charge >= 0.3 is 0 Å². The van der Waals surface area contributed by atoms with Gasteiger partial charge in [0.25, 0.3) is 0 Å². The zero-order valence-corrected chi connectivity index (χ0v) is 13.0. The van der Waals surface area contributed by atoms with E-state index >= 15 is 0 Å². The Bertz CT molecular complexity index is 315. The van der Waals surface area contributed by atoms with Crippen molar-refractivity contribution in [3.05, 3.63) is 0 Å². The fraction of sp³-hybridized carbons (Fsp3) is 1.00. The highest BCUT2D eigenvalue weighted by atomic mass is 15.2. The quantitative estimate of drug-likeness (QED) is 0.799. The lowest BCUT2D eigenvalue weighted by atomic mass is 9.82. The van der Waals surface area contributed by atoms with Crippen LogP contribution in [-0.2, 0) is 0 Å². The zero-order chi connectivity index (χ0) is 13.4. The molecule has 1 aliphatic heterocycles. The average molecular weight is 276 g/mol. The Kier molecular flexibility index (Phi) is 4.05. The molecule has 0 bridgehead atoms. The van der Waals surface area contributed by atoms with E-state index in [9.17, 15) is 0 Å². The Hall–Kier alpha value is -0.0800. The highest BCUT2D eigenvalue weighted by Crippen LogP contribution is 2.45. The van der Waals surface area contributed by atoms with Crippen LogP contribution in [0.2, 0.25) is 0 Å². The van der Waals surface area contributed by atoms with E-state index in [0.717, 1.165) is 29.8 Å². The predicted molar refractivity (Wildman–Crippen MR) is 83.8 cm³/mol. The summed E-state index contributed by atoms with van der Waals surface area (Å²) in [4.78, 5) is 2.93. The largest absolute Gasteiger partial charge is 0.313 e. The van der Waals surface area contributed by atoms with Gasteiger partial charge in [-0.25, -0.2) is 0 Å². The van der Waals surface area contributed by atoms with Gasteiger partial charge in [0.1, 0.15) is 0 Å². The van der Waals surface area contributed by atoms with Crippen molar-refractivity contribution < 1.29 is 0 Å². The fourth-order valence-electron chi connectivity index (χ4n) is 4.73. The van der Waals surface area contributed by atoms with Gasteiger partial charge < -0.3 is 5.32 Å². The Morgan fingerprint density at radius 2 is 1.70 bits per heavy atom. The lowest BCUT2D eigenvalue weighted by Gasteiger charge is -2.39. The van der Waals surface area contributed by atoms with Gasteiger partial charge in [-0.1, -0.05) is 12.8 Å². The minimum Gasteiger partial charge on any atom is -0.313 e. The summed E-state index contributed by atoms with van der Waals surface area (Å²) >= 11 is 0. The maximum absolute atomic E-state index is 3.72. The second kappa shape index (κ2) is 5.96. The van der Waals surface area contributed by atoms with Crippen molar-refractivity contribution in [1.29, 1.82) is 0 Å². The Balaban J connectivity index is 1.36. The first-order valence-electron chi connectivity index (χ1n) is 9.36. The summed E-state index contributed by atoms with van der Waals surface area (Å²) < 4.78 is 0. The summed E-state index contributed by atoms with van der Waals surface area (Å²) in [7, 11) is 0. The van der Waals surface area contributed by atoms with Gasteiger partial charge in [-0.3, -0.25) is 4.90 Å². The van der Waals surface area contributed by atoms with Crippen LogP contribution in [0, 0.1) is 17.8 Å². The van der Waals surface area contributed by atoms with Gasteiger partial charge in [0, 0.05) is 25.2 Å². The topological polar surface area (TPSA) is 15.3 Å². The normalized spacial score (nSPS) is 38.5. The standard InChI is InChI=1S/C18H32N2/c1-3-16(15-8-9-15)11-18(5-1)20(12-14-6-7-14)13-17-4-2-10-19-17/h14-19H,1-13H2. The fourth-order valence-corrected chi connectivity index (χ4v) is 4.73. The van der Waals surface area contributed by atoms with Crippen molar-refractivity contribution in [2.24, 2.45) is 17.8 Å². The first-order valence-corrected chi connectivity index (χ1v) is 9.36. The molecule has 20 heavy (non-hydrogen) atoms. The summed E-state index contributed by atoms with van der Waals surface area (Å²) in [5, 5.41) is 3.72. The van der Waals surface area contributed by atoms with Crippen molar-refractivity contribution in [3.8, 4) is 0 Å². The van der Waals surface area contributed by atoms with Crippen molar-refractivity contribution >= 4 is 0 Å². The predicted octanol–water partition coefficient (Wildman–Crippen LogP) is 3.42. The molecule has 4 fully saturated rings. The zero-order valence-electron chi connectivity index (χ0n) is 13.0. The minimum absolute atomic E-state index is 0.801. The molecule has 0 aromatic carbocycles. The summed E-state index contributed by atoms with van der Waals surface area (Å²) in [6.07, 6.45) is 15.0. The molecule has 114 valence electrons. The molecule has 0 spiro atoms. The van der Waals surface area contributed by atoms with E-state index in [2.05, 4.69) is 10.2 Å². The van der Waals surface area contributed by atoms with Gasteiger partial charge in [0.05, 0.1) is 0 Å². The summed E-state index contributed by atoms with van der Waals surface area (Å²) in [5.74, 6) is 3.27. The molecule has 3 unspecified atom stereocenters. The summed E-state index contributed by atoms with van der Waals surface area (Å²) in [6.45, 7) is 4.02. The van der Waals surface area contributed by atoms with E-state index in [1.165, 1.54) is 64.6 Å². The van der Waals surface area contributed by atoms with Gasteiger partial charge in [-0.2, -0.15) is 0 Å². The first kappa shape index (κ1) is 13.6. The molecular formula is C18H32N2. The van der Waals surface area contributed by atoms with Crippen LogP contribution in [-0.4, -0.2) is 36.6 Å². The monoisotopic (exact) mass is 276 g/mol. The van der Waals surface area contributed by atoms with E-state index in [1.807, 2.05) is 0 Å². The van der Waals surface area contributed by atoms with E-state index in [1.54, 1.807) is 19.3 Å². The first-order chi connectivity index (χ1) is 9.88. The lowest BCUT2D eigenvalue weighted by molar-refractivity contribution is 0.109. The molecule has 3 atom stereocenters. The van der Waals surface area contributed by atoms with Crippen LogP contribution in [0.4, 0.5) is 0 Å². The van der Waals surface area contributed by atoms with Gasteiger partial charge in [0.2, 0.25) is 0 Å². The van der Waals surface area contributed by atoms with E-state index in [4.69, 9.17) is 0 Å². The molecule has 2 heteroatoms. The number of hydrogen-bond donors (Lipinski definition) is 1. The average Bonchev–Trinajstić information content (AvgIpc) is 3.39. The van der Waals surface area contributed by atoms with Crippen LogP contribution in [0.1, 0.15) is 64.2 Å². The molecule has 1 heterocycles. The van der Waals surface area contributed by atoms with Crippen LogP contribution in [0.3, 0.4) is 0 Å². The number of rotatable bonds is 6. The number of nitrogens with zero attached hydrogens (tertiary/aromatic N) is 1. The van der Waals surface area contributed by atoms with Crippen molar-refractivity contribution in [1.82, 2.24) is 10.2 Å². The Morgan fingerprint density at radius 3 is 2.40 bits per heavy atom. The molecule has 1 N–H and O–H groups in total. The SMILES string of the molecule is C1CNC(CN(CC2CC2)C2CCCC(C3CC3)C2)C1. The Morgan fingerprint density at radius 1 is 0.800 bits per heavy atom. The highest BCUT2D eigenvalue weighted by Gasteiger charge is 2.38. The molecule has 0 aromatic heterocycles. The third kappa shape index (κ3) is 3.39.